The van der Waals surface area contributed by atoms with E-state index in [0.29, 0.717) is 48.9 Å². The van der Waals surface area contributed by atoms with Crippen LogP contribution in [0, 0.1) is 20.9 Å². The molecule has 0 amide bonds. The number of ketones is 2. The summed E-state index contributed by atoms with van der Waals surface area (Å²) in [5, 5.41) is 20.6. The summed E-state index contributed by atoms with van der Waals surface area (Å²) < 4.78 is 0. The minimum absolute atomic E-state index is 0.0139. The number of aromatic carboxylic acids is 1. The molecule has 2 aromatic rings. The number of carboxylic acid groups (broad SMARTS) is 1. The van der Waals surface area contributed by atoms with E-state index >= 15 is 0 Å². The lowest BCUT2D eigenvalue weighted by atomic mass is 9.63. The van der Waals surface area contributed by atoms with Gasteiger partial charge in [0.2, 0.25) is 0 Å². The zero-order chi connectivity index (χ0) is 28.3. The molecule has 5 rings (SSSR count). The van der Waals surface area contributed by atoms with Gasteiger partial charge in [-0.05, 0) is 46.9 Å². The van der Waals surface area contributed by atoms with E-state index in [-0.39, 0.29) is 33.6 Å². The van der Waals surface area contributed by atoms with Crippen LogP contribution < -0.4 is 0 Å². The summed E-state index contributed by atoms with van der Waals surface area (Å²) in [4.78, 5) is 52.0. The maximum Gasteiger partial charge on any atom is 0.335 e. The Morgan fingerprint density at radius 3 is 1.79 bits per heavy atom. The Kier molecular flexibility index (Phi) is 6.32. The molecule has 0 spiro atoms. The fourth-order valence-corrected chi connectivity index (χ4v) is 6.30. The number of hydrogen-bond donors (Lipinski definition) is 1. The minimum atomic E-state index is -1.00. The summed E-state index contributed by atoms with van der Waals surface area (Å²) in [6.45, 7) is 8.66. The standard InChI is InChI=1S/C31H32N2O6/c1-30(2)13-22-27(24(34)15-30)26(19-9-11-21(12-10-19)33(38)39)28-23(14-31(3,4)16-25(28)35)32(22)17-18-5-7-20(8-6-18)29(36)37/h5-12,26H,13-17H2,1-4H3,(H,36,37). The highest BCUT2D eigenvalue weighted by atomic mass is 16.6. The van der Waals surface area contributed by atoms with Gasteiger partial charge < -0.3 is 10.0 Å². The molecule has 0 saturated carbocycles. The first-order valence-electron chi connectivity index (χ1n) is 13.1. The van der Waals surface area contributed by atoms with Crippen molar-refractivity contribution in [3.8, 4) is 0 Å². The van der Waals surface area contributed by atoms with Crippen LogP contribution >= 0.6 is 0 Å². The van der Waals surface area contributed by atoms with Crippen LogP contribution in [0.1, 0.15) is 80.8 Å². The molecule has 0 radical (unpaired) electrons. The Hall–Kier alpha value is -4.07. The number of non-ortho nitro benzene ring substituents is 1. The molecule has 0 saturated heterocycles. The van der Waals surface area contributed by atoms with Gasteiger partial charge in [-0.1, -0.05) is 52.0 Å². The lowest BCUT2D eigenvalue weighted by molar-refractivity contribution is -0.384. The van der Waals surface area contributed by atoms with Gasteiger partial charge in [0.1, 0.15) is 0 Å². The van der Waals surface area contributed by atoms with Crippen molar-refractivity contribution in [1.29, 1.82) is 0 Å². The van der Waals surface area contributed by atoms with Gasteiger partial charge in [-0.3, -0.25) is 19.7 Å². The first-order valence-corrected chi connectivity index (χ1v) is 13.1. The smallest absolute Gasteiger partial charge is 0.335 e. The maximum absolute atomic E-state index is 13.8. The SMILES string of the molecule is CC1(C)CC(=O)C2=C(C1)N(Cc1ccc(C(=O)O)cc1)C1=C(C(=O)CC(C)(C)C1)C2c1ccc([N+](=O)[O-])cc1. The Morgan fingerprint density at radius 1 is 0.872 bits per heavy atom. The summed E-state index contributed by atoms with van der Waals surface area (Å²) >= 11 is 0. The number of benzene rings is 2. The quantitative estimate of drug-likeness (QED) is 0.364. The van der Waals surface area contributed by atoms with Crippen molar-refractivity contribution in [3.05, 3.63) is 97.9 Å². The molecule has 0 bridgehead atoms. The van der Waals surface area contributed by atoms with E-state index in [0.717, 1.165) is 17.0 Å². The average Bonchev–Trinajstić information content (AvgIpc) is 2.83. The third-order valence-corrected chi connectivity index (χ3v) is 8.00. The highest BCUT2D eigenvalue weighted by Gasteiger charge is 2.49. The van der Waals surface area contributed by atoms with Gasteiger partial charge in [-0.15, -0.1) is 0 Å². The molecule has 0 fully saturated rings. The van der Waals surface area contributed by atoms with E-state index in [9.17, 15) is 29.6 Å². The Labute approximate surface area is 227 Å². The normalized spacial score (nSPS) is 20.6. The number of carbonyl (C=O) groups is 3. The molecule has 0 unspecified atom stereocenters. The summed E-state index contributed by atoms with van der Waals surface area (Å²) in [7, 11) is 0. The minimum Gasteiger partial charge on any atom is -0.478 e. The molecule has 2 aliphatic carbocycles. The lowest BCUT2D eigenvalue weighted by Crippen LogP contribution is -2.44. The van der Waals surface area contributed by atoms with E-state index < -0.39 is 16.8 Å². The number of nitro benzene ring substituents is 1. The van der Waals surface area contributed by atoms with Gasteiger partial charge in [-0.25, -0.2) is 4.79 Å². The second-order valence-electron chi connectivity index (χ2n) is 12.5. The van der Waals surface area contributed by atoms with E-state index in [1.165, 1.54) is 12.1 Å². The van der Waals surface area contributed by atoms with Crippen molar-refractivity contribution in [2.45, 2.75) is 65.8 Å². The Balaban J connectivity index is 1.71. The molecule has 0 atom stereocenters. The van der Waals surface area contributed by atoms with Crippen LogP contribution in [-0.2, 0) is 16.1 Å². The predicted molar refractivity (Wildman–Crippen MR) is 145 cm³/mol. The molecule has 8 nitrogen and oxygen atoms in total. The average molecular weight is 529 g/mol. The zero-order valence-electron chi connectivity index (χ0n) is 22.6. The molecule has 1 heterocycles. The number of carboxylic acids is 1. The number of rotatable bonds is 5. The van der Waals surface area contributed by atoms with Gasteiger partial charge >= 0.3 is 5.97 Å². The molecule has 8 heteroatoms. The molecule has 1 N–H and O–H groups in total. The van der Waals surface area contributed by atoms with Crippen molar-refractivity contribution in [3.63, 3.8) is 0 Å². The highest BCUT2D eigenvalue weighted by Crippen LogP contribution is 2.54. The van der Waals surface area contributed by atoms with Crippen molar-refractivity contribution in [2.75, 3.05) is 0 Å². The van der Waals surface area contributed by atoms with Gasteiger partial charge in [0, 0.05) is 60.0 Å². The molecule has 1 aliphatic heterocycles. The van der Waals surface area contributed by atoms with Crippen LogP contribution in [0.2, 0.25) is 0 Å². The third kappa shape index (κ3) is 4.91. The second kappa shape index (κ2) is 9.29. The molecule has 202 valence electrons. The van der Waals surface area contributed by atoms with Crippen LogP contribution in [0.3, 0.4) is 0 Å². The first kappa shape index (κ1) is 26.5. The zero-order valence-corrected chi connectivity index (χ0v) is 22.6. The fraction of sp³-hybridized carbons (Fsp3) is 0.387. The van der Waals surface area contributed by atoms with Crippen molar-refractivity contribution >= 4 is 23.2 Å². The van der Waals surface area contributed by atoms with Gasteiger partial charge in [-0.2, -0.15) is 0 Å². The molecular weight excluding hydrogens is 496 g/mol. The molecule has 39 heavy (non-hydrogen) atoms. The predicted octanol–water partition coefficient (Wildman–Crippen LogP) is 6.18. The summed E-state index contributed by atoms with van der Waals surface area (Å²) in [5.41, 5.74) is 4.11. The largest absolute Gasteiger partial charge is 0.478 e. The number of allylic oxidation sites excluding steroid dienone is 4. The number of nitro groups is 1. The number of Topliss-reactive ketones (excluding diaryl/α,β-unsaturated/α-hetero) is 2. The van der Waals surface area contributed by atoms with Crippen LogP contribution in [0.25, 0.3) is 0 Å². The summed E-state index contributed by atoms with van der Waals surface area (Å²) in [6, 6.07) is 12.9. The lowest BCUT2D eigenvalue weighted by Gasteiger charge is -2.49. The Bertz CT molecular complexity index is 1410. The molecular formula is C31H32N2O6. The highest BCUT2D eigenvalue weighted by molar-refractivity contribution is 6.06. The van der Waals surface area contributed by atoms with Crippen LogP contribution in [0.5, 0.6) is 0 Å². The number of carbonyl (C=O) groups excluding carboxylic acids is 2. The van der Waals surface area contributed by atoms with E-state index in [4.69, 9.17) is 0 Å². The summed E-state index contributed by atoms with van der Waals surface area (Å²) in [6.07, 6.45) is 1.96. The maximum atomic E-state index is 13.8. The number of nitrogens with zero attached hydrogens (tertiary/aromatic N) is 2. The fourth-order valence-electron chi connectivity index (χ4n) is 6.30. The van der Waals surface area contributed by atoms with Gasteiger partial charge in [0.15, 0.2) is 11.6 Å². The van der Waals surface area contributed by atoms with Crippen molar-refractivity contribution in [2.24, 2.45) is 10.8 Å². The van der Waals surface area contributed by atoms with Gasteiger partial charge in [0.05, 0.1) is 10.5 Å². The Morgan fingerprint density at radius 2 is 1.36 bits per heavy atom. The van der Waals surface area contributed by atoms with Gasteiger partial charge in [0.25, 0.3) is 5.69 Å². The topological polar surface area (TPSA) is 118 Å². The molecule has 2 aromatic carbocycles. The second-order valence-corrected chi connectivity index (χ2v) is 12.5. The monoisotopic (exact) mass is 528 g/mol. The van der Waals surface area contributed by atoms with E-state index in [1.54, 1.807) is 36.4 Å². The third-order valence-electron chi connectivity index (χ3n) is 8.00. The van der Waals surface area contributed by atoms with Crippen molar-refractivity contribution in [1.82, 2.24) is 4.90 Å². The van der Waals surface area contributed by atoms with Crippen LogP contribution in [0.4, 0.5) is 5.69 Å². The number of hydrogen-bond acceptors (Lipinski definition) is 6. The molecule has 0 aromatic heterocycles. The molecule has 3 aliphatic rings. The summed E-state index contributed by atoms with van der Waals surface area (Å²) in [5.74, 6) is -1.60. The van der Waals surface area contributed by atoms with Crippen LogP contribution in [-0.4, -0.2) is 32.5 Å². The van der Waals surface area contributed by atoms with E-state index in [1.807, 2.05) is 0 Å². The first-order chi connectivity index (χ1) is 18.3. The van der Waals surface area contributed by atoms with Crippen molar-refractivity contribution < 1.29 is 24.4 Å². The van der Waals surface area contributed by atoms with Crippen LogP contribution in [0.15, 0.2) is 71.1 Å². The van der Waals surface area contributed by atoms with E-state index in [2.05, 4.69) is 32.6 Å².